The van der Waals surface area contributed by atoms with Crippen LogP contribution in [0.3, 0.4) is 0 Å². The summed E-state index contributed by atoms with van der Waals surface area (Å²) in [5, 5.41) is -1.23. The van der Waals surface area contributed by atoms with Gasteiger partial charge in [0.15, 0.2) is 0 Å². The van der Waals surface area contributed by atoms with Gasteiger partial charge < -0.3 is 5.73 Å². The SMILES string of the molecule is NC(=O)c1cc(Cl)c(C(F)(F)F)c(C(F)(F)F)c1. The Labute approximate surface area is 101 Å². The zero-order valence-corrected chi connectivity index (χ0v) is 9.04. The van der Waals surface area contributed by atoms with Crippen LogP contribution in [-0.4, -0.2) is 5.91 Å². The summed E-state index contributed by atoms with van der Waals surface area (Å²) in [5.74, 6) is -1.31. The average molecular weight is 292 g/mol. The number of hydrogen-bond acceptors (Lipinski definition) is 1. The quantitative estimate of drug-likeness (QED) is 0.791. The normalized spacial score (nSPS) is 12.6. The lowest BCUT2D eigenvalue weighted by molar-refractivity contribution is -0.162. The molecule has 100 valence electrons. The Hall–Kier alpha value is -1.44. The molecule has 18 heavy (non-hydrogen) atoms. The molecule has 0 heterocycles. The molecule has 0 saturated carbocycles. The van der Waals surface area contributed by atoms with Crippen LogP contribution in [0.2, 0.25) is 5.02 Å². The smallest absolute Gasteiger partial charge is 0.366 e. The highest BCUT2D eigenvalue weighted by molar-refractivity contribution is 6.32. The lowest BCUT2D eigenvalue weighted by Crippen LogP contribution is -2.20. The first kappa shape index (κ1) is 14.6. The highest BCUT2D eigenvalue weighted by atomic mass is 35.5. The summed E-state index contributed by atoms with van der Waals surface area (Å²) in [7, 11) is 0. The van der Waals surface area contributed by atoms with E-state index in [-0.39, 0.29) is 6.07 Å². The van der Waals surface area contributed by atoms with Crippen molar-refractivity contribution in [3.63, 3.8) is 0 Å². The fourth-order valence-corrected chi connectivity index (χ4v) is 1.59. The Morgan fingerprint density at radius 3 is 1.89 bits per heavy atom. The van der Waals surface area contributed by atoms with Crippen LogP contribution < -0.4 is 5.73 Å². The largest absolute Gasteiger partial charge is 0.418 e. The van der Waals surface area contributed by atoms with Crippen molar-refractivity contribution in [2.45, 2.75) is 12.4 Å². The molecule has 0 atom stereocenters. The van der Waals surface area contributed by atoms with Gasteiger partial charge >= 0.3 is 12.4 Å². The minimum atomic E-state index is -5.31. The van der Waals surface area contributed by atoms with Crippen LogP contribution in [0.4, 0.5) is 26.3 Å². The van der Waals surface area contributed by atoms with E-state index in [0.717, 1.165) is 0 Å². The molecule has 0 radical (unpaired) electrons. The van der Waals surface area contributed by atoms with E-state index in [9.17, 15) is 31.1 Å². The van der Waals surface area contributed by atoms with Gasteiger partial charge in [-0.05, 0) is 12.1 Å². The van der Waals surface area contributed by atoms with Gasteiger partial charge in [0.1, 0.15) is 0 Å². The zero-order valence-electron chi connectivity index (χ0n) is 8.29. The van der Waals surface area contributed by atoms with Crippen molar-refractivity contribution < 1.29 is 31.1 Å². The first-order chi connectivity index (χ1) is 7.94. The molecule has 0 fully saturated rings. The molecule has 2 nitrogen and oxygen atoms in total. The highest BCUT2D eigenvalue weighted by Crippen LogP contribution is 2.44. The monoisotopic (exact) mass is 291 g/mol. The molecular formula is C9H4ClF6NO. The Morgan fingerprint density at radius 2 is 1.56 bits per heavy atom. The van der Waals surface area contributed by atoms with Gasteiger partial charge in [0, 0.05) is 5.56 Å². The van der Waals surface area contributed by atoms with Crippen LogP contribution in [-0.2, 0) is 12.4 Å². The van der Waals surface area contributed by atoms with Gasteiger partial charge in [0.25, 0.3) is 0 Å². The van der Waals surface area contributed by atoms with E-state index < -0.39 is 40.0 Å². The lowest BCUT2D eigenvalue weighted by Gasteiger charge is -2.17. The molecule has 0 aliphatic rings. The van der Waals surface area contributed by atoms with Crippen molar-refractivity contribution >= 4 is 17.5 Å². The summed E-state index contributed by atoms with van der Waals surface area (Å²) >= 11 is 5.14. The number of alkyl halides is 6. The summed E-state index contributed by atoms with van der Waals surface area (Å²) in [6.45, 7) is 0. The topological polar surface area (TPSA) is 43.1 Å². The number of carbonyl (C=O) groups is 1. The predicted molar refractivity (Wildman–Crippen MR) is 50.0 cm³/mol. The summed E-state index contributed by atoms with van der Waals surface area (Å²) in [6, 6.07) is 0.471. The number of primary amides is 1. The maximum Gasteiger partial charge on any atom is 0.418 e. The fraction of sp³-hybridized carbons (Fsp3) is 0.222. The van der Waals surface area contributed by atoms with Gasteiger partial charge in [-0.15, -0.1) is 0 Å². The first-order valence-electron chi connectivity index (χ1n) is 4.22. The van der Waals surface area contributed by atoms with E-state index in [1.807, 2.05) is 0 Å². The van der Waals surface area contributed by atoms with Crippen LogP contribution in [0.25, 0.3) is 0 Å². The standard InChI is InChI=1S/C9H4ClF6NO/c10-5-2-3(7(17)18)1-4(8(11,12)13)6(5)9(14,15)16/h1-2H,(H2,17,18). The molecule has 0 aromatic heterocycles. The molecule has 0 spiro atoms. The van der Waals surface area contributed by atoms with E-state index in [1.165, 1.54) is 0 Å². The Balaban J connectivity index is 3.67. The third kappa shape index (κ3) is 2.87. The highest BCUT2D eigenvalue weighted by Gasteiger charge is 2.45. The van der Waals surface area contributed by atoms with Gasteiger partial charge in [-0.25, -0.2) is 0 Å². The second-order valence-electron chi connectivity index (χ2n) is 3.24. The molecule has 1 aromatic rings. The third-order valence-corrected chi connectivity index (χ3v) is 2.26. The van der Waals surface area contributed by atoms with E-state index >= 15 is 0 Å². The Bertz CT molecular complexity index is 493. The molecule has 9 heteroatoms. The number of benzene rings is 1. The Kier molecular flexibility index (Phi) is 3.53. The van der Waals surface area contributed by atoms with Crippen molar-refractivity contribution in [1.29, 1.82) is 0 Å². The molecule has 1 aromatic carbocycles. The minimum Gasteiger partial charge on any atom is -0.366 e. The molecule has 0 saturated heterocycles. The summed E-state index contributed by atoms with van der Waals surface area (Å²) in [5.41, 5.74) is -0.127. The second kappa shape index (κ2) is 4.34. The Morgan fingerprint density at radius 1 is 1.06 bits per heavy atom. The maximum atomic E-state index is 12.5. The fourth-order valence-electron chi connectivity index (χ4n) is 1.26. The number of amides is 1. The van der Waals surface area contributed by atoms with Gasteiger partial charge in [0.05, 0.1) is 16.1 Å². The van der Waals surface area contributed by atoms with Gasteiger partial charge in [-0.2, -0.15) is 26.3 Å². The van der Waals surface area contributed by atoms with Crippen molar-refractivity contribution in [3.8, 4) is 0 Å². The molecule has 1 rings (SSSR count). The van der Waals surface area contributed by atoms with Crippen molar-refractivity contribution in [2.75, 3.05) is 0 Å². The molecule has 2 N–H and O–H groups in total. The van der Waals surface area contributed by atoms with Crippen molar-refractivity contribution in [3.05, 3.63) is 33.8 Å². The number of nitrogens with two attached hydrogens (primary N) is 1. The van der Waals surface area contributed by atoms with E-state index in [2.05, 4.69) is 0 Å². The summed E-state index contributed by atoms with van der Waals surface area (Å²) < 4.78 is 74.9. The summed E-state index contributed by atoms with van der Waals surface area (Å²) in [6.07, 6.45) is -10.6. The van der Waals surface area contributed by atoms with Crippen LogP contribution in [0.1, 0.15) is 21.5 Å². The van der Waals surface area contributed by atoms with Crippen molar-refractivity contribution in [1.82, 2.24) is 0 Å². The van der Waals surface area contributed by atoms with Crippen LogP contribution in [0.5, 0.6) is 0 Å². The van der Waals surface area contributed by atoms with Gasteiger partial charge in [0.2, 0.25) is 5.91 Å². The number of carbonyl (C=O) groups excluding carboxylic acids is 1. The van der Waals surface area contributed by atoms with Crippen LogP contribution in [0.15, 0.2) is 12.1 Å². The van der Waals surface area contributed by atoms with Gasteiger partial charge in [-0.1, -0.05) is 11.6 Å². The molecular weight excluding hydrogens is 288 g/mol. The number of hydrogen-bond donors (Lipinski definition) is 1. The van der Waals surface area contributed by atoms with E-state index in [4.69, 9.17) is 17.3 Å². The molecule has 0 unspecified atom stereocenters. The molecule has 0 aliphatic heterocycles. The maximum absolute atomic E-state index is 12.5. The summed E-state index contributed by atoms with van der Waals surface area (Å²) in [4.78, 5) is 10.7. The molecule has 0 bridgehead atoms. The molecule has 0 aliphatic carbocycles. The number of rotatable bonds is 1. The molecule has 1 amide bonds. The van der Waals surface area contributed by atoms with Crippen molar-refractivity contribution in [2.24, 2.45) is 5.73 Å². The van der Waals surface area contributed by atoms with E-state index in [1.54, 1.807) is 0 Å². The average Bonchev–Trinajstić information content (AvgIpc) is 2.12. The van der Waals surface area contributed by atoms with Crippen LogP contribution >= 0.6 is 11.6 Å². The minimum absolute atomic E-state index is 0.0248. The lowest BCUT2D eigenvalue weighted by atomic mass is 10.0. The van der Waals surface area contributed by atoms with Gasteiger partial charge in [-0.3, -0.25) is 4.79 Å². The second-order valence-corrected chi connectivity index (χ2v) is 3.65. The zero-order chi connectivity index (χ0) is 14.3. The predicted octanol–water partition coefficient (Wildman–Crippen LogP) is 3.48. The number of halogens is 7. The first-order valence-corrected chi connectivity index (χ1v) is 4.60. The van der Waals surface area contributed by atoms with E-state index in [0.29, 0.717) is 6.07 Å². The third-order valence-electron chi connectivity index (χ3n) is 1.96. The van der Waals surface area contributed by atoms with Crippen LogP contribution in [0, 0.1) is 0 Å².